The predicted octanol–water partition coefficient (Wildman–Crippen LogP) is 1.13. The van der Waals surface area contributed by atoms with Gasteiger partial charge in [-0.3, -0.25) is 4.90 Å². The zero-order chi connectivity index (χ0) is 11.7. The molecule has 2 aliphatic heterocycles. The summed E-state index contributed by atoms with van der Waals surface area (Å²) in [5.74, 6) is -0.282. The number of piperidine rings is 1. The standard InChI is InChI=1S/C13H23NO3/c15-12-4-2-1-3-11(12)14-7-5-13(6-8-14)16-9-10-17-13/h11-12,15H,1-10H2. The number of ether oxygens (including phenoxy) is 2. The zero-order valence-electron chi connectivity index (χ0n) is 10.4. The van der Waals surface area contributed by atoms with Gasteiger partial charge in [-0.2, -0.15) is 0 Å². The molecular weight excluding hydrogens is 218 g/mol. The summed E-state index contributed by atoms with van der Waals surface area (Å²) in [4.78, 5) is 2.44. The second-order valence-electron chi connectivity index (χ2n) is 5.56. The fraction of sp³-hybridized carbons (Fsp3) is 1.00. The van der Waals surface area contributed by atoms with Crippen LogP contribution in [0, 0.1) is 0 Å². The fourth-order valence-electron chi connectivity index (χ4n) is 3.50. The van der Waals surface area contributed by atoms with Crippen molar-refractivity contribution in [2.45, 2.75) is 56.5 Å². The van der Waals surface area contributed by atoms with E-state index >= 15 is 0 Å². The van der Waals surface area contributed by atoms with Gasteiger partial charge in [0.1, 0.15) is 0 Å². The average Bonchev–Trinajstić information content (AvgIpc) is 2.80. The minimum absolute atomic E-state index is 0.122. The van der Waals surface area contributed by atoms with Crippen LogP contribution in [0.1, 0.15) is 38.5 Å². The first-order valence-corrected chi connectivity index (χ1v) is 6.99. The quantitative estimate of drug-likeness (QED) is 0.747. The minimum Gasteiger partial charge on any atom is -0.391 e. The number of rotatable bonds is 1. The van der Waals surface area contributed by atoms with Crippen LogP contribution in [-0.4, -0.2) is 54.2 Å². The molecule has 1 spiro atoms. The van der Waals surface area contributed by atoms with Crippen molar-refractivity contribution in [2.24, 2.45) is 0 Å². The summed E-state index contributed by atoms with van der Waals surface area (Å²) in [6.45, 7) is 3.49. The topological polar surface area (TPSA) is 41.9 Å². The van der Waals surface area contributed by atoms with Crippen molar-refractivity contribution < 1.29 is 14.6 Å². The average molecular weight is 241 g/mol. The molecule has 0 bridgehead atoms. The largest absolute Gasteiger partial charge is 0.391 e. The molecule has 1 aliphatic carbocycles. The molecule has 2 atom stereocenters. The monoisotopic (exact) mass is 241 g/mol. The van der Waals surface area contributed by atoms with Gasteiger partial charge in [-0.1, -0.05) is 12.8 Å². The van der Waals surface area contributed by atoms with Gasteiger partial charge in [0.25, 0.3) is 0 Å². The molecule has 2 heterocycles. The Hall–Kier alpha value is -0.160. The number of hydrogen-bond acceptors (Lipinski definition) is 4. The Kier molecular flexibility index (Phi) is 3.39. The SMILES string of the molecule is OC1CCCCC1N1CCC2(CC1)OCCO2. The van der Waals surface area contributed by atoms with Crippen molar-refractivity contribution in [3.63, 3.8) is 0 Å². The summed E-state index contributed by atoms with van der Waals surface area (Å²) in [5, 5.41) is 10.1. The third kappa shape index (κ3) is 2.36. The van der Waals surface area contributed by atoms with Crippen LogP contribution < -0.4 is 0 Å². The van der Waals surface area contributed by atoms with Crippen LogP contribution in [0.25, 0.3) is 0 Å². The van der Waals surface area contributed by atoms with E-state index in [-0.39, 0.29) is 11.9 Å². The van der Waals surface area contributed by atoms with E-state index in [2.05, 4.69) is 4.90 Å². The van der Waals surface area contributed by atoms with Gasteiger partial charge in [-0.05, 0) is 12.8 Å². The third-order valence-electron chi connectivity index (χ3n) is 4.54. The first kappa shape index (κ1) is 11.9. The molecule has 98 valence electrons. The molecule has 0 radical (unpaired) electrons. The van der Waals surface area contributed by atoms with Crippen LogP contribution in [-0.2, 0) is 9.47 Å². The highest BCUT2D eigenvalue weighted by Crippen LogP contribution is 2.34. The Morgan fingerprint density at radius 2 is 1.65 bits per heavy atom. The molecule has 0 aromatic heterocycles. The maximum Gasteiger partial charge on any atom is 0.170 e. The number of nitrogens with zero attached hydrogens (tertiary/aromatic N) is 1. The molecule has 2 saturated heterocycles. The molecule has 1 N–H and O–H groups in total. The lowest BCUT2D eigenvalue weighted by molar-refractivity contribution is -0.191. The van der Waals surface area contributed by atoms with Crippen LogP contribution >= 0.6 is 0 Å². The molecule has 0 aromatic rings. The van der Waals surface area contributed by atoms with Gasteiger partial charge in [-0.15, -0.1) is 0 Å². The number of likely N-dealkylation sites (tertiary alicyclic amines) is 1. The molecule has 0 aromatic carbocycles. The lowest BCUT2D eigenvalue weighted by Crippen LogP contribution is -2.53. The number of aliphatic hydroxyl groups excluding tert-OH is 1. The number of aliphatic hydroxyl groups is 1. The zero-order valence-corrected chi connectivity index (χ0v) is 10.4. The molecule has 0 amide bonds. The first-order valence-electron chi connectivity index (χ1n) is 6.99. The van der Waals surface area contributed by atoms with Gasteiger partial charge >= 0.3 is 0 Å². The van der Waals surface area contributed by atoms with Gasteiger partial charge in [0.05, 0.1) is 19.3 Å². The molecule has 4 nitrogen and oxygen atoms in total. The Bertz CT molecular complexity index is 255. The molecular formula is C13H23NO3. The van der Waals surface area contributed by atoms with Gasteiger partial charge in [0, 0.05) is 32.0 Å². The van der Waals surface area contributed by atoms with Crippen molar-refractivity contribution in [2.75, 3.05) is 26.3 Å². The van der Waals surface area contributed by atoms with Crippen LogP contribution in [0.5, 0.6) is 0 Å². The molecule has 1 saturated carbocycles. The van der Waals surface area contributed by atoms with Crippen molar-refractivity contribution >= 4 is 0 Å². The normalized spacial score (nSPS) is 38.6. The smallest absolute Gasteiger partial charge is 0.170 e. The van der Waals surface area contributed by atoms with Gasteiger partial charge in [0.2, 0.25) is 0 Å². The molecule has 4 heteroatoms. The Morgan fingerprint density at radius 1 is 1.00 bits per heavy atom. The highest BCUT2D eigenvalue weighted by molar-refractivity contribution is 4.89. The first-order chi connectivity index (χ1) is 8.29. The lowest BCUT2D eigenvalue weighted by Gasteiger charge is -2.44. The van der Waals surface area contributed by atoms with Crippen LogP contribution in [0.15, 0.2) is 0 Å². The van der Waals surface area contributed by atoms with Gasteiger partial charge in [-0.25, -0.2) is 0 Å². The summed E-state index contributed by atoms with van der Waals surface area (Å²) in [5.41, 5.74) is 0. The van der Waals surface area contributed by atoms with Crippen molar-refractivity contribution in [3.05, 3.63) is 0 Å². The molecule has 3 rings (SSSR count). The van der Waals surface area contributed by atoms with Crippen LogP contribution in [0.4, 0.5) is 0 Å². The van der Waals surface area contributed by atoms with Crippen molar-refractivity contribution in [3.8, 4) is 0 Å². The maximum absolute atomic E-state index is 10.1. The highest BCUT2D eigenvalue weighted by Gasteiger charge is 2.42. The van der Waals surface area contributed by atoms with Gasteiger partial charge < -0.3 is 14.6 Å². The Balaban J connectivity index is 1.57. The Labute approximate surface area is 103 Å². The highest BCUT2D eigenvalue weighted by atomic mass is 16.7. The lowest BCUT2D eigenvalue weighted by atomic mass is 9.89. The van der Waals surface area contributed by atoms with Crippen LogP contribution in [0.3, 0.4) is 0 Å². The summed E-state index contributed by atoms with van der Waals surface area (Å²) < 4.78 is 11.5. The summed E-state index contributed by atoms with van der Waals surface area (Å²) in [6.07, 6.45) is 6.35. The second kappa shape index (κ2) is 4.84. The summed E-state index contributed by atoms with van der Waals surface area (Å²) >= 11 is 0. The van der Waals surface area contributed by atoms with E-state index in [0.29, 0.717) is 6.04 Å². The van der Waals surface area contributed by atoms with Gasteiger partial charge in [0.15, 0.2) is 5.79 Å². The van der Waals surface area contributed by atoms with E-state index in [0.717, 1.165) is 52.0 Å². The van der Waals surface area contributed by atoms with E-state index < -0.39 is 0 Å². The number of hydrogen-bond donors (Lipinski definition) is 1. The predicted molar refractivity (Wildman–Crippen MR) is 63.7 cm³/mol. The molecule has 3 fully saturated rings. The molecule has 17 heavy (non-hydrogen) atoms. The van der Waals surface area contributed by atoms with E-state index in [4.69, 9.17) is 9.47 Å². The van der Waals surface area contributed by atoms with Crippen LogP contribution in [0.2, 0.25) is 0 Å². The maximum atomic E-state index is 10.1. The fourth-order valence-corrected chi connectivity index (χ4v) is 3.50. The van der Waals surface area contributed by atoms with E-state index in [1.165, 1.54) is 12.8 Å². The van der Waals surface area contributed by atoms with Crippen molar-refractivity contribution in [1.29, 1.82) is 0 Å². The Morgan fingerprint density at radius 3 is 2.29 bits per heavy atom. The minimum atomic E-state index is -0.282. The van der Waals surface area contributed by atoms with E-state index in [1.54, 1.807) is 0 Å². The third-order valence-corrected chi connectivity index (χ3v) is 4.54. The molecule has 3 aliphatic rings. The van der Waals surface area contributed by atoms with E-state index in [9.17, 15) is 5.11 Å². The summed E-state index contributed by atoms with van der Waals surface area (Å²) in [7, 11) is 0. The summed E-state index contributed by atoms with van der Waals surface area (Å²) in [6, 6.07) is 0.377. The van der Waals surface area contributed by atoms with Crippen molar-refractivity contribution in [1.82, 2.24) is 4.90 Å². The molecule has 2 unspecified atom stereocenters. The van der Waals surface area contributed by atoms with E-state index in [1.807, 2.05) is 0 Å². The second-order valence-corrected chi connectivity index (χ2v) is 5.56.